The van der Waals surface area contributed by atoms with Gasteiger partial charge in [0.25, 0.3) is 15.9 Å². The first-order valence-electron chi connectivity index (χ1n) is 7.99. The van der Waals surface area contributed by atoms with Crippen molar-refractivity contribution in [3.63, 3.8) is 0 Å². The lowest BCUT2D eigenvalue weighted by Gasteiger charge is -2.15. The number of aryl methyl sites for hydroxylation is 2. The highest BCUT2D eigenvalue weighted by Gasteiger charge is 2.25. The highest BCUT2D eigenvalue weighted by molar-refractivity contribution is 7.90. The first-order chi connectivity index (χ1) is 12.5. The molecule has 10 heteroatoms. The van der Waals surface area contributed by atoms with E-state index in [0.29, 0.717) is 11.4 Å². The lowest BCUT2D eigenvalue weighted by Crippen LogP contribution is -2.36. The van der Waals surface area contributed by atoms with Crippen LogP contribution in [0.2, 0.25) is 0 Å². The molecular formula is C17H21N5O4S. The summed E-state index contributed by atoms with van der Waals surface area (Å²) in [5.74, 6) is -0.509. The quantitative estimate of drug-likeness (QED) is 0.817. The molecule has 0 unspecified atom stereocenters. The molecule has 0 spiro atoms. The first-order valence-corrected chi connectivity index (χ1v) is 9.47. The molecule has 27 heavy (non-hydrogen) atoms. The van der Waals surface area contributed by atoms with E-state index in [1.807, 2.05) is 11.6 Å². The lowest BCUT2D eigenvalue weighted by molar-refractivity contribution is 0.0824. The monoisotopic (exact) mass is 391 g/mol. The van der Waals surface area contributed by atoms with E-state index in [0.717, 1.165) is 5.56 Å². The van der Waals surface area contributed by atoms with Crippen LogP contribution in [-0.2, 0) is 10.0 Å². The number of aromatic nitrogens is 2. The molecule has 2 N–H and O–H groups in total. The zero-order valence-corrected chi connectivity index (χ0v) is 16.5. The van der Waals surface area contributed by atoms with Crippen LogP contribution in [0.3, 0.4) is 0 Å². The SMILES string of the molecule is Cc1nc(NC(=O)NS(=O)(=O)c2ccccc2C(=O)N(C)C)nc(C)c1C. The summed E-state index contributed by atoms with van der Waals surface area (Å²) in [4.78, 5) is 33.5. The Kier molecular flexibility index (Phi) is 5.79. The first kappa shape index (κ1) is 20.3. The fraction of sp³-hybridized carbons (Fsp3) is 0.294. The second-order valence-corrected chi connectivity index (χ2v) is 7.75. The predicted molar refractivity (Wildman–Crippen MR) is 100 cm³/mol. The largest absolute Gasteiger partial charge is 0.345 e. The molecule has 0 saturated carbocycles. The maximum atomic E-state index is 12.6. The molecule has 0 radical (unpaired) electrons. The number of benzene rings is 1. The van der Waals surface area contributed by atoms with Gasteiger partial charge in [-0.15, -0.1) is 0 Å². The Morgan fingerprint density at radius 3 is 2.11 bits per heavy atom. The smallest absolute Gasteiger partial charge is 0.335 e. The van der Waals surface area contributed by atoms with Crippen LogP contribution in [0.15, 0.2) is 29.2 Å². The Labute approximate surface area is 157 Å². The molecule has 0 fully saturated rings. The minimum absolute atomic E-state index is 0.0130. The lowest BCUT2D eigenvalue weighted by atomic mass is 10.2. The van der Waals surface area contributed by atoms with Crippen molar-refractivity contribution in [2.24, 2.45) is 0 Å². The number of nitrogens with one attached hydrogen (secondary N) is 2. The number of hydrogen-bond donors (Lipinski definition) is 2. The predicted octanol–water partition coefficient (Wildman–Crippen LogP) is 1.61. The van der Waals surface area contributed by atoms with E-state index in [1.54, 1.807) is 19.9 Å². The van der Waals surface area contributed by atoms with Gasteiger partial charge in [0.05, 0.1) is 5.56 Å². The molecular weight excluding hydrogens is 370 g/mol. The van der Waals surface area contributed by atoms with Crippen LogP contribution >= 0.6 is 0 Å². The Morgan fingerprint density at radius 2 is 1.56 bits per heavy atom. The molecule has 1 aromatic heterocycles. The van der Waals surface area contributed by atoms with Crippen LogP contribution < -0.4 is 10.0 Å². The van der Waals surface area contributed by atoms with Gasteiger partial charge >= 0.3 is 6.03 Å². The van der Waals surface area contributed by atoms with Gasteiger partial charge in [0.1, 0.15) is 4.90 Å². The van der Waals surface area contributed by atoms with Crippen molar-refractivity contribution in [2.75, 3.05) is 19.4 Å². The van der Waals surface area contributed by atoms with E-state index in [9.17, 15) is 18.0 Å². The average Bonchev–Trinajstić information content (AvgIpc) is 2.58. The molecule has 144 valence electrons. The van der Waals surface area contributed by atoms with Crippen LogP contribution in [0.25, 0.3) is 0 Å². The highest BCUT2D eigenvalue weighted by atomic mass is 32.2. The summed E-state index contributed by atoms with van der Waals surface area (Å²) in [6.45, 7) is 5.36. The normalized spacial score (nSPS) is 11.0. The van der Waals surface area contributed by atoms with E-state index in [-0.39, 0.29) is 16.4 Å². The third-order valence-electron chi connectivity index (χ3n) is 3.90. The van der Waals surface area contributed by atoms with Gasteiger partial charge in [-0.25, -0.2) is 27.9 Å². The number of amides is 3. The van der Waals surface area contributed by atoms with E-state index in [1.165, 1.54) is 37.2 Å². The highest BCUT2D eigenvalue weighted by Crippen LogP contribution is 2.17. The number of anilines is 1. The van der Waals surface area contributed by atoms with Gasteiger partial charge < -0.3 is 4.90 Å². The zero-order chi connectivity index (χ0) is 20.4. The van der Waals surface area contributed by atoms with E-state index in [4.69, 9.17) is 0 Å². The average molecular weight is 391 g/mol. The molecule has 9 nitrogen and oxygen atoms in total. The van der Waals surface area contributed by atoms with Crippen molar-refractivity contribution in [2.45, 2.75) is 25.7 Å². The Balaban J connectivity index is 2.27. The standard InChI is InChI=1S/C17H21N5O4S/c1-10-11(2)18-16(19-12(10)3)20-17(24)21-27(25,26)14-9-7-6-8-13(14)15(23)22(4)5/h6-9H,1-5H3,(H2,18,19,20,21,24). The Hall–Kier alpha value is -3.01. The number of carbonyl (C=O) groups excluding carboxylic acids is 2. The number of rotatable bonds is 4. The third-order valence-corrected chi connectivity index (χ3v) is 5.29. The van der Waals surface area contributed by atoms with Crippen molar-refractivity contribution in [1.82, 2.24) is 19.6 Å². The summed E-state index contributed by atoms with van der Waals surface area (Å²) in [7, 11) is -1.27. The van der Waals surface area contributed by atoms with Gasteiger partial charge in [0, 0.05) is 25.5 Å². The van der Waals surface area contributed by atoms with Gasteiger partial charge in [0.2, 0.25) is 5.95 Å². The molecule has 3 amide bonds. The van der Waals surface area contributed by atoms with E-state index >= 15 is 0 Å². The van der Waals surface area contributed by atoms with Crippen molar-refractivity contribution >= 4 is 27.9 Å². The molecule has 2 aromatic rings. The fourth-order valence-electron chi connectivity index (χ4n) is 2.25. The summed E-state index contributed by atoms with van der Waals surface area (Å²) >= 11 is 0. The number of sulfonamides is 1. The summed E-state index contributed by atoms with van der Waals surface area (Å²) in [5.41, 5.74) is 2.18. The van der Waals surface area contributed by atoms with E-state index in [2.05, 4.69) is 15.3 Å². The molecule has 2 rings (SSSR count). The van der Waals surface area contributed by atoms with Crippen LogP contribution in [0.5, 0.6) is 0 Å². The van der Waals surface area contributed by atoms with Crippen molar-refractivity contribution in [3.8, 4) is 0 Å². The van der Waals surface area contributed by atoms with Crippen molar-refractivity contribution < 1.29 is 18.0 Å². The molecule has 0 aliphatic heterocycles. The molecule has 1 heterocycles. The van der Waals surface area contributed by atoms with Gasteiger partial charge in [0.15, 0.2) is 0 Å². The van der Waals surface area contributed by atoms with E-state index < -0.39 is 22.0 Å². The van der Waals surface area contributed by atoms with Crippen molar-refractivity contribution in [1.29, 1.82) is 0 Å². The molecule has 0 bridgehead atoms. The number of urea groups is 1. The molecule has 0 aliphatic carbocycles. The molecule has 0 saturated heterocycles. The zero-order valence-electron chi connectivity index (χ0n) is 15.7. The van der Waals surface area contributed by atoms with Gasteiger partial charge in [-0.2, -0.15) is 0 Å². The maximum Gasteiger partial charge on any atom is 0.335 e. The summed E-state index contributed by atoms with van der Waals surface area (Å²) < 4.78 is 27.1. The maximum absolute atomic E-state index is 12.6. The topological polar surface area (TPSA) is 121 Å². The van der Waals surface area contributed by atoms with Crippen LogP contribution in [-0.4, -0.2) is 49.3 Å². The van der Waals surface area contributed by atoms with Gasteiger partial charge in [-0.05, 0) is 38.5 Å². The van der Waals surface area contributed by atoms with Gasteiger partial charge in [-0.1, -0.05) is 12.1 Å². The van der Waals surface area contributed by atoms with Gasteiger partial charge in [-0.3, -0.25) is 10.1 Å². The fourth-order valence-corrected chi connectivity index (χ4v) is 3.36. The minimum Gasteiger partial charge on any atom is -0.345 e. The second kappa shape index (κ2) is 7.70. The minimum atomic E-state index is -4.28. The Bertz CT molecular complexity index is 979. The summed E-state index contributed by atoms with van der Waals surface area (Å²) in [6.07, 6.45) is 0. The second-order valence-electron chi connectivity index (χ2n) is 6.10. The van der Waals surface area contributed by atoms with Crippen LogP contribution in [0.1, 0.15) is 27.3 Å². The molecule has 0 atom stereocenters. The number of nitrogens with zero attached hydrogens (tertiary/aromatic N) is 3. The summed E-state index contributed by atoms with van der Waals surface area (Å²) in [5, 5.41) is 2.30. The molecule has 1 aromatic carbocycles. The Morgan fingerprint density at radius 1 is 1.00 bits per heavy atom. The van der Waals surface area contributed by atoms with Crippen molar-refractivity contribution in [3.05, 3.63) is 46.8 Å². The third kappa shape index (κ3) is 4.59. The summed E-state index contributed by atoms with van der Waals surface area (Å²) in [6, 6.07) is 4.62. The molecule has 0 aliphatic rings. The number of carbonyl (C=O) groups is 2. The number of hydrogen-bond acceptors (Lipinski definition) is 6. The van der Waals surface area contributed by atoms with Crippen LogP contribution in [0.4, 0.5) is 10.7 Å². The van der Waals surface area contributed by atoms with Crippen LogP contribution in [0, 0.1) is 20.8 Å².